The minimum atomic E-state index is -3.51. The van der Waals surface area contributed by atoms with Crippen LogP contribution >= 0.6 is 0 Å². The summed E-state index contributed by atoms with van der Waals surface area (Å²) in [4.78, 5) is 12.6. The van der Waals surface area contributed by atoms with Crippen LogP contribution in [0.3, 0.4) is 0 Å². The second kappa shape index (κ2) is 11.4. The summed E-state index contributed by atoms with van der Waals surface area (Å²) in [5.74, 6) is 0.560. The first kappa shape index (κ1) is 28.3. The van der Waals surface area contributed by atoms with E-state index in [2.05, 4.69) is 38.2 Å². The van der Waals surface area contributed by atoms with E-state index in [1.165, 1.54) is 16.1 Å². The SMILES string of the molecule is Cc1cc(C)c(N(Cc2ccc(C(=O)NCCOc3ccc(C(C)(C)C)cc3)cc2)S(C)(=O)=O)c(C)c1. The van der Waals surface area contributed by atoms with Gasteiger partial charge in [0, 0.05) is 5.56 Å². The number of rotatable bonds is 9. The van der Waals surface area contributed by atoms with Crippen molar-refractivity contribution in [2.24, 2.45) is 0 Å². The summed E-state index contributed by atoms with van der Waals surface area (Å²) in [5.41, 5.74) is 6.23. The highest BCUT2D eigenvalue weighted by atomic mass is 32.2. The molecule has 0 saturated heterocycles. The van der Waals surface area contributed by atoms with Gasteiger partial charge in [-0.2, -0.15) is 0 Å². The van der Waals surface area contributed by atoms with Gasteiger partial charge in [0.1, 0.15) is 12.4 Å². The standard InChI is InChI=1S/C30H38N2O4S/c1-21-18-22(2)28(23(3)19-21)32(37(7,34)35)20-24-8-10-25(11-9-24)29(33)31-16-17-36-27-14-12-26(13-15-27)30(4,5)6/h8-15,18-19H,16-17,20H2,1-7H3,(H,31,33). The third kappa shape index (κ3) is 7.59. The lowest BCUT2D eigenvalue weighted by atomic mass is 9.87. The van der Waals surface area contributed by atoms with Crippen LogP contribution in [-0.4, -0.2) is 33.7 Å². The van der Waals surface area contributed by atoms with Crippen LogP contribution in [0, 0.1) is 20.8 Å². The zero-order chi connectivity index (χ0) is 27.4. The number of carbonyl (C=O) groups excluding carboxylic acids is 1. The molecule has 3 rings (SSSR count). The van der Waals surface area contributed by atoms with E-state index in [9.17, 15) is 13.2 Å². The van der Waals surface area contributed by atoms with Crippen molar-refractivity contribution in [2.45, 2.75) is 53.5 Å². The van der Waals surface area contributed by atoms with Gasteiger partial charge >= 0.3 is 0 Å². The third-order valence-corrected chi connectivity index (χ3v) is 7.32. The highest BCUT2D eigenvalue weighted by molar-refractivity contribution is 7.92. The smallest absolute Gasteiger partial charge is 0.251 e. The van der Waals surface area contributed by atoms with Crippen LogP contribution in [0.2, 0.25) is 0 Å². The zero-order valence-corrected chi connectivity index (χ0v) is 23.7. The van der Waals surface area contributed by atoms with E-state index in [1.54, 1.807) is 24.3 Å². The van der Waals surface area contributed by atoms with Crippen LogP contribution < -0.4 is 14.4 Å². The summed E-state index contributed by atoms with van der Waals surface area (Å²) in [5, 5.41) is 2.87. The predicted molar refractivity (Wildman–Crippen MR) is 151 cm³/mol. The molecule has 6 nitrogen and oxygen atoms in total. The summed E-state index contributed by atoms with van der Waals surface area (Å²) in [7, 11) is -3.51. The minimum absolute atomic E-state index is 0.0870. The fraction of sp³-hybridized carbons (Fsp3) is 0.367. The van der Waals surface area contributed by atoms with Gasteiger partial charge in [-0.1, -0.05) is 62.7 Å². The molecule has 7 heteroatoms. The maximum absolute atomic E-state index is 12.7. The molecular formula is C30H38N2O4S. The average Bonchev–Trinajstić information content (AvgIpc) is 2.80. The summed E-state index contributed by atoms with van der Waals surface area (Å²) in [6.45, 7) is 13.3. The van der Waals surface area contributed by atoms with Crippen LogP contribution in [0.25, 0.3) is 0 Å². The van der Waals surface area contributed by atoms with Gasteiger partial charge in [-0.3, -0.25) is 9.10 Å². The van der Waals surface area contributed by atoms with Crippen LogP contribution in [0.4, 0.5) is 5.69 Å². The van der Waals surface area contributed by atoms with Gasteiger partial charge in [0.15, 0.2) is 0 Å². The van der Waals surface area contributed by atoms with Gasteiger partial charge in [-0.05, 0) is 72.7 Å². The van der Waals surface area contributed by atoms with Gasteiger partial charge in [0.2, 0.25) is 10.0 Å². The zero-order valence-electron chi connectivity index (χ0n) is 22.9. The number of nitrogens with one attached hydrogen (secondary N) is 1. The topological polar surface area (TPSA) is 75.7 Å². The molecule has 0 atom stereocenters. The molecule has 0 spiro atoms. The Bertz CT molecular complexity index is 1320. The lowest BCUT2D eigenvalue weighted by Gasteiger charge is -2.26. The van der Waals surface area contributed by atoms with E-state index in [1.807, 2.05) is 45.0 Å². The number of benzene rings is 3. The van der Waals surface area contributed by atoms with Crippen LogP contribution in [-0.2, 0) is 22.0 Å². The highest BCUT2D eigenvalue weighted by Gasteiger charge is 2.22. The molecule has 0 aromatic heterocycles. The van der Waals surface area contributed by atoms with Crippen molar-refractivity contribution in [2.75, 3.05) is 23.7 Å². The average molecular weight is 523 g/mol. The van der Waals surface area contributed by atoms with E-state index in [4.69, 9.17) is 4.74 Å². The van der Waals surface area contributed by atoms with Gasteiger partial charge < -0.3 is 10.1 Å². The molecule has 1 N–H and O–H groups in total. The largest absolute Gasteiger partial charge is 0.492 e. The summed E-state index contributed by atoms with van der Waals surface area (Å²) in [6, 6.07) is 19.0. The van der Waals surface area contributed by atoms with E-state index in [0.717, 1.165) is 28.0 Å². The number of sulfonamides is 1. The number of carbonyl (C=O) groups is 1. The molecule has 0 unspecified atom stereocenters. The number of ether oxygens (including phenoxy) is 1. The van der Waals surface area contributed by atoms with E-state index >= 15 is 0 Å². The normalized spacial score (nSPS) is 11.8. The molecule has 198 valence electrons. The number of hydrogen-bond acceptors (Lipinski definition) is 4. The van der Waals surface area contributed by atoms with Crippen molar-refractivity contribution in [1.82, 2.24) is 5.32 Å². The molecular weight excluding hydrogens is 484 g/mol. The minimum Gasteiger partial charge on any atom is -0.492 e. The molecule has 0 bridgehead atoms. The maximum atomic E-state index is 12.7. The molecule has 0 heterocycles. The first-order chi connectivity index (χ1) is 17.3. The number of hydrogen-bond donors (Lipinski definition) is 1. The van der Waals surface area contributed by atoms with E-state index < -0.39 is 10.0 Å². The van der Waals surface area contributed by atoms with Crippen LogP contribution in [0.5, 0.6) is 5.75 Å². The van der Waals surface area contributed by atoms with Gasteiger partial charge in [-0.25, -0.2) is 8.42 Å². The summed E-state index contributed by atoms with van der Waals surface area (Å²) in [6.07, 6.45) is 1.22. The molecule has 37 heavy (non-hydrogen) atoms. The molecule has 0 aliphatic carbocycles. The Kier molecular flexibility index (Phi) is 8.69. The van der Waals surface area contributed by atoms with Gasteiger partial charge in [0.25, 0.3) is 5.91 Å². The first-order valence-electron chi connectivity index (χ1n) is 12.4. The molecule has 3 aromatic carbocycles. The van der Waals surface area contributed by atoms with Crippen LogP contribution in [0.1, 0.15) is 58.9 Å². The van der Waals surface area contributed by atoms with Gasteiger partial charge in [0.05, 0.1) is 25.0 Å². The summed E-state index contributed by atoms with van der Waals surface area (Å²) < 4.78 is 32.5. The first-order valence-corrected chi connectivity index (χ1v) is 14.3. The lowest BCUT2D eigenvalue weighted by Crippen LogP contribution is -2.31. The molecule has 0 aliphatic rings. The Morgan fingerprint density at radius 1 is 0.919 bits per heavy atom. The van der Waals surface area contributed by atoms with Crippen LogP contribution in [0.15, 0.2) is 60.7 Å². The number of aryl methyl sites for hydroxylation is 3. The van der Waals surface area contributed by atoms with Crippen molar-refractivity contribution < 1.29 is 17.9 Å². The number of nitrogens with zero attached hydrogens (tertiary/aromatic N) is 1. The fourth-order valence-electron chi connectivity index (χ4n) is 4.34. The molecule has 0 saturated carbocycles. The third-order valence-electron chi connectivity index (χ3n) is 6.20. The Balaban J connectivity index is 1.59. The van der Waals surface area contributed by atoms with Crippen molar-refractivity contribution >= 4 is 21.6 Å². The summed E-state index contributed by atoms with van der Waals surface area (Å²) >= 11 is 0. The van der Waals surface area contributed by atoms with E-state index in [0.29, 0.717) is 24.4 Å². The second-order valence-corrected chi connectivity index (χ2v) is 12.5. The highest BCUT2D eigenvalue weighted by Crippen LogP contribution is 2.30. The second-order valence-electron chi connectivity index (χ2n) is 10.6. The lowest BCUT2D eigenvalue weighted by molar-refractivity contribution is 0.0947. The fourth-order valence-corrected chi connectivity index (χ4v) is 5.35. The van der Waals surface area contributed by atoms with Crippen molar-refractivity contribution in [1.29, 1.82) is 0 Å². The monoisotopic (exact) mass is 522 g/mol. The Labute approximate surface area is 221 Å². The van der Waals surface area contributed by atoms with E-state index in [-0.39, 0.29) is 17.9 Å². The molecule has 0 aliphatic heterocycles. The Morgan fingerprint density at radius 3 is 2.00 bits per heavy atom. The molecule has 3 aromatic rings. The van der Waals surface area contributed by atoms with Gasteiger partial charge in [-0.15, -0.1) is 0 Å². The van der Waals surface area contributed by atoms with Crippen molar-refractivity contribution in [3.8, 4) is 5.75 Å². The molecule has 0 radical (unpaired) electrons. The van der Waals surface area contributed by atoms with Crippen molar-refractivity contribution in [3.05, 3.63) is 94.0 Å². The Hall–Kier alpha value is -3.32. The quantitative estimate of drug-likeness (QED) is 0.367. The molecule has 0 fully saturated rings. The number of amides is 1. The Morgan fingerprint density at radius 2 is 1.49 bits per heavy atom. The number of anilines is 1. The van der Waals surface area contributed by atoms with Crippen molar-refractivity contribution in [3.63, 3.8) is 0 Å². The molecule has 1 amide bonds. The predicted octanol–water partition coefficient (Wildman–Crippen LogP) is 5.68. The maximum Gasteiger partial charge on any atom is 0.251 e.